The van der Waals surface area contributed by atoms with Crippen molar-refractivity contribution in [3.05, 3.63) is 35.4 Å². The molecule has 2 rings (SSSR count). The molecule has 15 heavy (non-hydrogen) atoms. The van der Waals surface area contributed by atoms with Gasteiger partial charge in [-0.2, -0.15) is 0 Å². The van der Waals surface area contributed by atoms with Gasteiger partial charge in [0.05, 0.1) is 0 Å². The van der Waals surface area contributed by atoms with Gasteiger partial charge in [0, 0.05) is 32.2 Å². The first-order valence-corrected chi connectivity index (χ1v) is 5.76. The molecule has 0 spiro atoms. The summed E-state index contributed by atoms with van der Waals surface area (Å²) in [4.78, 5) is 2.53. The standard InChI is InChI=1S/C13H20N2/c1-11-5-3-4-6-13(11)10-15-8-7-14-12(2)9-15/h3-6,12,14H,7-10H2,1-2H3/t12-/m1/s1. The highest BCUT2D eigenvalue weighted by Gasteiger charge is 2.15. The Hall–Kier alpha value is -0.860. The van der Waals surface area contributed by atoms with E-state index >= 15 is 0 Å². The molecule has 1 aromatic carbocycles. The van der Waals surface area contributed by atoms with Crippen LogP contribution in [0.2, 0.25) is 0 Å². The van der Waals surface area contributed by atoms with E-state index in [9.17, 15) is 0 Å². The van der Waals surface area contributed by atoms with E-state index in [1.54, 1.807) is 0 Å². The van der Waals surface area contributed by atoms with Gasteiger partial charge in [-0.3, -0.25) is 4.90 Å². The Morgan fingerprint density at radius 2 is 2.20 bits per heavy atom. The Morgan fingerprint density at radius 3 is 2.93 bits per heavy atom. The second-order valence-corrected chi connectivity index (χ2v) is 4.52. The van der Waals surface area contributed by atoms with Gasteiger partial charge in [-0.25, -0.2) is 0 Å². The molecule has 1 heterocycles. The number of nitrogens with zero attached hydrogens (tertiary/aromatic N) is 1. The maximum absolute atomic E-state index is 3.47. The molecule has 2 heteroatoms. The quantitative estimate of drug-likeness (QED) is 0.790. The summed E-state index contributed by atoms with van der Waals surface area (Å²) in [5.41, 5.74) is 2.87. The lowest BCUT2D eigenvalue weighted by Crippen LogP contribution is -2.48. The van der Waals surface area contributed by atoms with Crippen LogP contribution >= 0.6 is 0 Å². The summed E-state index contributed by atoms with van der Waals surface area (Å²) < 4.78 is 0. The van der Waals surface area contributed by atoms with Gasteiger partial charge in [-0.15, -0.1) is 0 Å². The molecule has 0 bridgehead atoms. The number of piperazine rings is 1. The molecule has 1 aromatic rings. The first-order chi connectivity index (χ1) is 7.25. The molecule has 0 aliphatic carbocycles. The van der Waals surface area contributed by atoms with Crippen molar-refractivity contribution in [2.24, 2.45) is 0 Å². The molecule has 0 radical (unpaired) electrons. The van der Waals surface area contributed by atoms with Crippen LogP contribution in [0.1, 0.15) is 18.1 Å². The molecule has 82 valence electrons. The van der Waals surface area contributed by atoms with Gasteiger partial charge in [0.25, 0.3) is 0 Å². The molecule has 0 aromatic heterocycles. The topological polar surface area (TPSA) is 15.3 Å². The van der Waals surface area contributed by atoms with Crippen molar-refractivity contribution in [3.8, 4) is 0 Å². The van der Waals surface area contributed by atoms with Crippen molar-refractivity contribution in [2.45, 2.75) is 26.4 Å². The van der Waals surface area contributed by atoms with Crippen LogP contribution in [0.5, 0.6) is 0 Å². The average molecular weight is 204 g/mol. The third kappa shape index (κ3) is 2.80. The largest absolute Gasteiger partial charge is 0.312 e. The minimum absolute atomic E-state index is 0.628. The minimum atomic E-state index is 0.628. The van der Waals surface area contributed by atoms with E-state index in [-0.39, 0.29) is 0 Å². The second kappa shape index (κ2) is 4.77. The van der Waals surface area contributed by atoms with Gasteiger partial charge in [0.2, 0.25) is 0 Å². The highest BCUT2D eigenvalue weighted by molar-refractivity contribution is 5.25. The lowest BCUT2D eigenvalue weighted by Gasteiger charge is -2.32. The Bertz CT molecular complexity index is 322. The first-order valence-electron chi connectivity index (χ1n) is 5.76. The maximum Gasteiger partial charge on any atom is 0.0237 e. The molecular weight excluding hydrogens is 184 g/mol. The molecule has 0 amide bonds. The molecular formula is C13H20N2. The van der Waals surface area contributed by atoms with Crippen LogP contribution in [0.15, 0.2) is 24.3 Å². The zero-order valence-electron chi connectivity index (χ0n) is 9.66. The van der Waals surface area contributed by atoms with Crippen LogP contribution in [-0.4, -0.2) is 30.6 Å². The van der Waals surface area contributed by atoms with Gasteiger partial charge < -0.3 is 5.32 Å². The SMILES string of the molecule is Cc1ccccc1CN1CCN[C@H](C)C1. The second-order valence-electron chi connectivity index (χ2n) is 4.52. The van der Waals surface area contributed by atoms with E-state index in [2.05, 4.69) is 48.3 Å². The van der Waals surface area contributed by atoms with Crippen molar-refractivity contribution in [1.29, 1.82) is 0 Å². The average Bonchev–Trinajstić information content (AvgIpc) is 2.22. The molecule has 2 nitrogen and oxygen atoms in total. The van der Waals surface area contributed by atoms with Crippen LogP contribution in [0.25, 0.3) is 0 Å². The molecule has 1 aliphatic rings. The van der Waals surface area contributed by atoms with Crippen molar-refractivity contribution in [3.63, 3.8) is 0 Å². The molecule has 1 saturated heterocycles. The molecule has 1 aliphatic heterocycles. The normalized spacial score (nSPS) is 22.9. The molecule has 0 saturated carbocycles. The van der Waals surface area contributed by atoms with E-state index in [1.165, 1.54) is 17.7 Å². The zero-order valence-corrected chi connectivity index (χ0v) is 9.66. The van der Waals surface area contributed by atoms with Crippen LogP contribution in [0, 0.1) is 6.92 Å². The summed E-state index contributed by atoms with van der Waals surface area (Å²) in [6.07, 6.45) is 0. The monoisotopic (exact) mass is 204 g/mol. The number of nitrogens with one attached hydrogen (secondary N) is 1. The number of aryl methyl sites for hydroxylation is 1. The summed E-state index contributed by atoms with van der Waals surface area (Å²) in [6.45, 7) is 8.99. The van der Waals surface area contributed by atoms with Crippen molar-refractivity contribution in [2.75, 3.05) is 19.6 Å². The van der Waals surface area contributed by atoms with Gasteiger partial charge >= 0.3 is 0 Å². The first kappa shape index (κ1) is 10.7. The van der Waals surface area contributed by atoms with Crippen molar-refractivity contribution < 1.29 is 0 Å². The Kier molecular flexibility index (Phi) is 3.39. The fraction of sp³-hybridized carbons (Fsp3) is 0.538. The summed E-state index contributed by atoms with van der Waals surface area (Å²) in [5, 5.41) is 3.47. The van der Waals surface area contributed by atoms with E-state index < -0.39 is 0 Å². The van der Waals surface area contributed by atoms with Crippen molar-refractivity contribution >= 4 is 0 Å². The van der Waals surface area contributed by atoms with E-state index in [4.69, 9.17) is 0 Å². The Labute approximate surface area is 92.3 Å². The molecule has 1 atom stereocenters. The predicted octanol–water partition coefficient (Wildman–Crippen LogP) is 1.79. The lowest BCUT2D eigenvalue weighted by atomic mass is 10.1. The third-order valence-corrected chi connectivity index (χ3v) is 3.11. The Morgan fingerprint density at radius 1 is 1.40 bits per heavy atom. The fourth-order valence-electron chi connectivity index (χ4n) is 2.18. The van der Waals surface area contributed by atoms with Crippen LogP contribution in [-0.2, 0) is 6.54 Å². The number of rotatable bonds is 2. The van der Waals surface area contributed by atoms with Crippen LogP contribution < -0.4 is 5.32 Å². The summed E-state index contributed by atoms with van der Waals surface area (Å²) in [6, 6.07) is 9.30. The third-order valence-electron chi connectivity index (χ3n) is 3.11. The van der Waals surface area contributed by atoms with Gasteiger partial charge in [-0.1, -0.05) is 24.3 Å². The van der Waals surface area contributed by atoms with Crippen LogP contribution in [0.4, 0.5) is 0 Å². The van der Waals surface area contributed by atoms with Gasteiger partial charge in [0.1, 0.15) is 0 Å². The number of hydrogen-bond acceptors (Lipinski definition) is 2. The highest BCUT2D eigenvalue weighted by atomic mass is 15.2. The fourth-order valence-corrected chi connectivity index (χ4v) is 2.18. The highest BCUT2D eigenvalue weighted by Crippen LogP contribution is 2.11. The predicted molar refractivity (Wildman–Crippen MR) is 63.9 cm³/mol. The molecule has 0 unspecified atom stereocenters. The summed E-state index contributed by atoms with van der Waals surface area (Å²) in [5.74, 6) is 0. The van der Waals surface area contributed by atoms with E-state index in [0.717, 1.165) is 19.6 Å². The van der Waals surface area contributed by atoms with E-state index in [1.807, 2.05) is 0 Å². The zero-order chi connectivity index (χ0) is 10.7. The number of hydrogen-bond donors (Lipinski definition) is 1. The van der Waals surface area contributed by atoms with Gasteiger partial charge in [0.15, 0.2) is 0 Å². The minimum Gasteiger partial charge on any atom is -0.312 e. The Balaban J connectivity index is 1.99. The molecule has 1 fully saturated rings. The van der Waals surface area contributed by atoms with E-state index in [0.29, 0.717) is 6.04 Å². The van der Waals surface area contributed by atoms with Crippen molar-refractivity contribution in [1.82, 2.24) is 10.2 Å². The smallest absolute Gasteiger partial charge is 0.0237 e. The summed E-state index contributed by atoms with van der Waals surface area (Å²) in [7, 11) is 0. The van der Waals surface area contributed by atoms with Crippen LogP contribution in [0.3, 0.4) is 0 Å². The number of benzene rings is 1. The molecule has 1 N–H and O–H groups in total. The van der Waals surface area contributed by atoms with Gasteiger partial charge in [-0.05, 0) is 25.0 Å². The lowest BCUT2D eigenvalue weighted by molar-refractivity contribution is 0.199. The maximum atomic E-state index is 3.47. The summed E-state index contributed by atoms with van der Waals surface area (Å²) >= 11 is 0.